The average molecular weight is 505 g/mol. The first-order valence-corrected chi connectivity index (χ1v) is 13.5. The Balaban J connectivity index is 1.26. The molecule has 0 saturated carbocycles. The van der Waals surface area contributed by atoms with Gasteiger partial charge >= 0.3 is 0 Å². The summed E-state index contributed by atoms with van der Waals surface area (Å²) in [6.45, 7) is 0. The minimum Gasteiger partial charge on any atom is -0.309 e. The molecule has 0 unspecified atom stereocenters. The Hall–Kier alpha value is -4.73. The number of hydrogen-bond acceptors (Lipinski definition) is 3. The van der Waals surface area contributed by atoms with Crippen LogP contribution in [0.2, 0.25) is 0 Å². The maximum absolute atomic E-state index is 4.91. The lowest BCUT2D eigenvalue weighted by molar-refractivity contribution is 1.26. The predicted octanol–water partition coefficient (Wildman–Crippen LogP) is 10.3. The van der Waals surface area contributed by atoms with Crippen molar-refractivity contribution < 1.29 is 0 Å². The van der Waals surface area contributed by atoms with Crippen molar-refractivity contribution in [2.45, 2.75) is 0 Å². The van der Waals surface area contributed by atoms with Gasteiger partial charge in [-0.1, -0.05) is 103 Å². The Morgan fingerprint density at radius 2 is 0.974 bits per heavy atom. The Morgan fingerprint density at radius 1 is 0.447 bits per heavy atom. The van der Waals surface area contributed by atoms with E-state index in [0.717, 1.165) is 22.6 Å². The van der Waals surface area contributed by atoms with Crippen LogP contribution in [0.15, 0.2) is 146 Å². The highest BCUT2D eigenvalue weighted by molar-refractivity contribution is 7.25. The highest BCUT2D eigenvalue weighted by Crippen LogP contribution is 2.39. The first-order chi connectivity index (χ1) is 18.8. The zero-order valence-electron chi connectivity index (χ0n) is 20.7. The van der Waals surface area contributed by atoms with E-state index < -0.39 is 0 Å². The molecular formula is C35H24N2S. The minimum absolute atomic E-state index is 1.05. The van der Waals surface area contributed by atoms with Crippen molar-refractivity contribution in [3.63, 3.8) is 0 Å². The molecular weight excluding hydrogens is 480 g/mol. The van der Waals surface area contributed by atoms with Gasteiger partial charge in [0.2, 0.25) is 0 Å². The molecule has 0 saturated heterocycles. The largest absolute Gasteiger partial charge is 0.309 e. The lowest BCUT2D eigenvalue weighted by Crippen LogP contribution is -2.10. The van der Waals surface area contributed by atoms with Gasteiger partial charge in [-0.3, -0.25) is 4.98 Å². The second kappa shape index (κ2) is 9.62. The molecule has 2 aromatic heterocycles. The van der Waals surface area contributed by atoms with Gasteiger partial charge in [-0.2, -0.15) is 0 Å². The molecule has 0 amide bonds. The Morgan fingerprint density at radius 3 is 1.66 bits per heavy atom. The molecule has 5 aromatic carbocycles. The van der Waals surface area contributed by atoms with Crippen LogP contribution >= 0.6 is 11.3 Å². The molecule has 0 aliphatic heterocycles. The maximum atomic E-state index is 4.91. The minimum atomic E-state index is 1.05. The molecule has 0 aliphatic carbocycles. The maximum Gasteiger partial charge on any atom is 0.0890 e. The molecule has 2 nitrogen and oxygen atoms in total. The molecule has 0 fully saturated rings. The number of para-hydroxylation sites is 1. The van der Waals surface area contributed by atoms with Gasteiger partial charge in [0, 0.05) is 21.5 Å². The third-order valence-corrected chi connectivity index (χ3v) is 8.03. The molecule has 0 N–H and O–H groups in total. The SMILES string of the molecule is c1ccc(-c2ccc(-c3ccc(N(c4ccccc4)c4cnc5c(c4)sc4ccccc45)cc3)cc2)cc1. The lowest BCUT2D eigenvalue weighted by Gasteiger charge is -2.25. The van der Waals surface area contributed by atoms with Gasteiger partial charge in [0.25, 0.3) is 0 Å². The normalized spacial score (nSPS) is 11.2. The van der Waals surface area contributed by atoms with Crippen LogP contribution in [0, 0.1) is 0 Å². The summed E-state index contributed by atoms with van der Waals surface area (Å²) in [5.41, 5.74) is 9.18. The highest BCUT2D eigenvalue weighted by atomic mass is 32.1. The van der Waals surface area contributed by atoms with Crippen LogP contribution in [0.25, 0.3) is 42.6 Å². The standard InChI is InChI=1S/C35H24N2S/c1-3-9-25(10-4-1)26-15-17-27(18-16-26)28-19-21-30(22-20-28)37(29-11-5-2-6-12-29)31-23-34-35(36-24-31)32-13-7-8-14-33(32)38-34/h1-24H. The molecule has 0 aliphatic rings. The van der Waals surface area contributed by atoms with E-state index in [-0.39, 0.29) is 0 Å². The van der Waals surface area contributed by atoms with Gasteiger partial charge in [-0.05, 0) is 58.7 Å². The van der Waals surface area contributed by atoms with Crippen molar-refractivity contribution in [2.75, 3.05) is 4.90 Å². The molecule has 0 spiro atoms. The Bertz CT molecular complexity index is 1840. The monoisotopic (exact) mass is 504 g/mol. The number of benzene rings is 5. The fourth-order valence-corrected chi connectivity index (χ4v) is 6.12. The summed E-state index contributed by atoms with van der Waals surface area (Å²) in [6.07, 6.45) is 1.99. The Kier molecular flexibility index (Phi) is 5.69. The topological polar surface area (TPSA) is 16.1 Å². The number of aromatic nitrogens is 1. The second-order valence-electron chi connectivity index (χ2n) is 9.30. The van der Waals surface area contributed by atoms with Crippen molar-refractivity contribution in [3.05, 3.63) is 146 Å². The summed E-state index contributed by atoms with van der Waals surface area (Å²) >= 11 is 1.79. The van der Waals surface area contributed by atoms with Crippen LogP contribution in [0.3, 0.4) is 0 Å². The summed E-state index contributed by atoms with van der Waals surface area (Å²) in [7, 11) is 0. The number of fused-ring (bicyclic) bond motifs is 3. The molecule has 2 heterocycles. The van der Waals surface area contributed by atoms with Crippen molar-refractivity contribution in [3.8, 4) is 22.3 Å². The van der Waals surface area contributed by atoms with Crippen molar-refractivity contribution in [1.29, 1.82) is 0 Å². The third kappa shape index (κ3) is 4.13. The number of pyridine rings is 1. The predicted molar refractivity (Wildman–Crippen MR) is 163 cm³/mol. The third-order valence-electron chi connectivity index (χ3n) is 6.92. The summed E-state index contributed by atoms with van der Waals surface area (Å²) in [6, 6.07) is 49.3. The van der Waals surface area contributed by atoms with Crippen LogP contribution < -0.4 is 4.90 Å². The molecule has 0 radical (unpaired) electrons. The van der Waals surface area contributed by atoms with Gasteiger partial charge in [0.1, 0.15) is 0 Å². The summed E-state index contributed by atoms with van der Waals surface area (Å²) in [4.78, 5) is 7.19. The summed E-state index contributed by atoms with van der Waals surface area (Å²) in [5, 5.41) is 1.22. The fourth-order valence-electron chi connectivity index (χ4n) is 5.02. The van der Waals surface area contributed by atoms with Crippen molar-refractivity contribution in [1.82, 2.24) is 4.98 Å². The van der Waals surface area contributed by atoms with Crippen LogP contribution in [-0.2, 0) is 0 Å². The number of rotatable bonds is 5. The van der Waals surface area contributed by atoms with Gasteiger partial charge < -0.3 is 4.90 Å². The fraction of sp³-hybridized carbons (Fsp3) is 0. The van der Waals surface area contributed by atoms with Crippen molar-refractivity contribution in [2.24, 2.45) is 0 Å². The van der Waals surface area contributed by atoms with E-state index in [1.54, 1.807) is 11.3 Å². The average Bonchev–Trinajstić information content (AvgIpc) is 3.37. The van der Waals surface area contributed by atoms with Crippen LogP contribution in [0.1, 0.15) is 0 Å². The van der Waals surface area contributed by atoms with E-state index in [0.29, 0.717) is 0 Å². The molecule has 3 heteroatoms. The first kappa shape index (κ1) is 22.5. The molecule has 0 atom stereocenters. The van der Waals surface area contributed by atoms with Crippen molar-refractivity contribution >= 4 is 48.7 Å². The zero-order chi connectivity index (χ0) is 25.3. The highest BCUT2D eigenvalue weighted by Gasteiger charge is 2.15. The van der Waals surface area contributed by atoms with Gasteiger partial charge in [0.15, 0.2) is 0 Å². The zero-order valence-corrected chi connectivity index (χ0v) is 21.5. The quantitative estimate of drug-likeness (QED) is 0.232. The van der Waals surface area contributed by atoms with Gasteiger partial charge in [0.05, 0.1) is 22.1 Å². The molecule has 0 bridgehead atoms. The summed E-state index contributed by atoms with van der Waals surface area (Å²) in [5.74, 6) is 0. The number of anilines is 3. The van der Waals surface area contributed by atoms with E-state index in [2.05, 4.69) is 144 Å². The molecule has 7 aromatic rings. The van der Waals surface area contributed by atoms with Crippen LogP contribution in [0.5, 0.6) is 0 Å². The van der Waals surface area contributed by atoms with E-state index in [9.17, 15) is 0 Å². The first-order valence-electron chi connectivity index (χ1n) is 12.7. The summed E-state index contributed by atoms with van der Waals surface area (Å²) < 4.78 is 2.46. The van der Waals surface area contributed by atoms with Gasteiger partial charge in [-0.25, -0.2) is 0 Å². The van der Waals surface area contributed by atoms with Crippen LogP contribution in [0.4, 0.5) is 17.1 Å². The Labute approximate surface area is 226 Å². The molecule has 7 rings (SSSR count). The van der Waals surface area contributed by atoms with Crippen LogP contribution in [-0.4, -0.2) is 4.98 Å². The molecule has 38 heavy (non-hydrogen) atoms. The second-order valence-corrected chi connectivity index (χ2v) is 10.4. The number of nitrogens with zero attached hydrogens (tertiary/aromatic N) is 2. The smallest absolute Gasteiger partial charge is 0.0890 e. The van der Waals surface area contributed by atoms with E-state index in [4.69, 9.17) is 4.98 Å². The number of thiophene rings is 1. The molecule has 180 valence electrons. The lowest BCUT2D eigenvalue weighted by atomic mass is 10.00. The van der Waals surface area contributed by atoms with E-state index in [1.807, 2.05) is 6.20 Å². The van der Waals surface area contributed by atoms with Gasteiger partial charge in [-0.15, -0.1) is 11.3 Å². The number of hydrogen-bond donors (Lipinski definition) is 0. The van der Waals surface area contributed by atoms with E-state index in [1.165, 1.54) is 37.0 Å². The van der Waals surface area contributed by atoms with E-state index >= 15 is 0 Å².